The Labute approximate surface area is 81.0 Å². The highest BCUT2D eigenvalue weighted by atomic mass is 16.2. The van der Waals surface area contributed by atoms with E-state index in [0.29, 0.717) is 11.5 Å². The van der Waals surface area contributed by atoms with Gasteiger partial charge in [-0.2, -0.15) is 5.10 Å². The van der Waals surface area contributed by atoms with Gasteiger partial charge in [-0.3, -0.25) is 0 Å². The first-order valence-corrected chi connectivity index (χ1v) is 3.91. The second kappa shape index (κ2) is 4.22. The van der Waals surface area contributed by atoms with Crippen LogP contribution in [-0.2, 0) is 0 Å². The summed E-state index contributed by atoms with van der Waals surface area (Å²) in [5, 5.41) is 3.73. The number of hydrogen-bond donors (Lipinski definition) is 3. The van der Waals surface area contributed by atoms with Crippen LogP contribution in [0, 0.1) is 0 Å². The molecule has 0 radical (unpaired) electrons. The number of primary amides is 1. The Bertz CT molecular complexity index is 356. The van der Waals surface area contributed by atoms with E-state index in [9.17, 15) is 4.79 Å². The number of hydrazone groups is 1. The zero-order chi connectivity index (χ0) is 10.6. The molecule has 0 aliphatic carbocycles. The molecule has 6 heteroatoms. The van der Waals surface area contributed by atoms with Crippen molar-refractivity contribution in [1.29, 1.82) is 0 Å². The number of pyridine rings is 1. The van der Waals surface area contributed by atoms with Gasteiger partial charge in [0.05, 0.1) is 5.71 Å². The molecular formula is C8H11N5O. The van der Waals surface area contributed by atoms with Crippen molar-refractivity contribution < 1.29 is 4.79 Å². The maximum Gasteiger partial charge on any atom is 0.332 e. The summed E-state index contributed by atoms with van der Waals surface area (Å²) in [5.74, 6) is 0.435. The Hall–Kier alpha value is -2.11. The maximum absolute atomic E-state index is 10.4. The maximum atomic E-state index is 10.4. The van der Waals surface area contributed by atoms with Crippen molar-refractivity contribution >= 4 is 17.6 Å². The minimum absolute atomic E-state index is 0.435. The molecule has 0 aromatic carbocycles. The lowest BCUT2D eigenvalue weighted by Gasteiger charge is -2.00. The molecule has 14 heavy (non-hydrogen) atoms. The van der Waals surface area contributed by atoms with Crippen LogP contribution in [0.25, 0.3) is 0 Å². The molecule has 0 fully saturated rings. The Morgan fingerprint density at radius 2 is 2.29 bits per heavy atom. The highest BCUT2D eigenvalue weighted by Gasteiger charge is 1.97. The SMILES string of the molecule is C/C(=N/NC(N)=O)c1ccc(N)nc1. The van der Waals surface area contributed by atoms with Gasteiger partial charge in [-0.15, -0.1) is 0 Å². The number of nitrogens with two attached hydrogens (primary N) is 2. The molecule has 0 atom stereocenters. The van der Waals surface area contributed by atoms with Gasteiger partial charge < -0.3 is 11.5 Å². The van der Waals surface area contributed by atoms with E-state index in [0.717, 1.165) is 5.56 Å². The van der Waals surface area contributed by atoms with Crippen LogP contribution >= 0.6 is 0 Å². The number of carbonyl (C=O) groups is 1. The lowest BCUT2D eigenvalue weighted by molar-refractivity contribution is 0.249. The van der Waals surface area contributed by atoms with Gasteiger partial charge in [-0.1, -0.05) is 0 Å². The predicted molar refractivity (Wildman–Crippen MR) is 53.6 cm³/mol. The summed E-state index contributed by atoms with van der Waals surface area (Å²) >= 11 is 0. The zero-order valence-corrected chi connectivity index (χ0v) is 7.69. The quantitative estimate of drug-likeness (QED) is 0.456. The number of aromatic nitrogens is 1. The van der Waals surface area contributed by atoms with Gasteiger partial charge in [0, 0.05) is 11.8 Å². The Morgan fingerprint density at radius 1 is 1.57 bits per heavy atom. The number of nitrogen functional groups attached to an aromatic ring is 1. The van der Waals surface area contributed by atoms with Crippen LogP contribution in [-0.4, -0.2) is 16.7 Å². The summed E-state index contributed by atoms with van der Waals surface area (Å²) in [5.41, 5.74) is 13.8. The van der Waals surface area contributed by atoms with E-state index < -0.39 is 6.03 Å². The molecule has 1 heterocycles. The van der Waals surface area contributed by atoms with E-state index in [-0.39, 0.29) is 0 Å². The van der Waals surface area contributed by atoms with E-state index in [1.54, 1.807) is 25.3 Å². The van der Waals surface area contributed by atoms with Crippen LogP contribution in [0.3, 0.4) is 0 Å². The fraction of sp³-hybridized carbons (Fsp3) is 0.125. The number of urea groups is 1. The average Bonchev–Trinajstić information content (AvgIpc) is 2.15. The number of nitrogens with zero attached hydrogens (tertiary/aromatic N) is 2. The summed E-state index contributed by atoms with van der Waals surface area (Å²) in [6.07, 6.45) is 1.57. The third kappa shape index (κ3) is 2.74. The minimum Gasteiger partial charge on any atom is -0.384 e. The molecule has 1 aromatic heterocycles. The van der Waals surface area contributed by atoms with Gasteiger partial charge in [-0.25, -0.2) is 15.2 Å². The molecule has 0 bridgehead atoms. The van der Waals surface area contributed by atoms with Gasteiger partial charge >= 0.3 is 6.03 Å². The fourth-order valence-corrected chi connectivity index (χ4v) is 0.823. The van der Waals surface area contributed by atoms with Crippen molar-refractivity contribution in [1.82, 2.24) is 10.4 Å². The second-order valence-electron chi connectivity index (χ2n) is 2.65. The fourth-order valence-electron chi connectivity index (χ4n) is 0.823. The van der Waals surface area contributed by atoms with Crippen LogP contribution in [0.4, 0.5) is 10.6 Å². The molecule has 0 aliphatic rings. The molecule has 0 aliphatic heterocycles. The smallest absolute Gasteiger partial charge is 0.332 e. The second-order valence-corrected chi connectivity index (χ2v) is 2.65. The number of anilines is 1. The summed E-state index contributed by atoms with van der Waals surface area (Å²) < 4.78 is 0. The molecule has 0 spiro atoms. The van der Waals surface area contributed by atoms with Crippen LogP contribution in [0.15, 0.2) is 23.4 Å². The summed E-state index contributed by atoms with van der Waals surface area (Å²) in [6.45, 7) is 1.73. The number of nitrogens with one attached hydrogen (secondary N) is 1. The molecule has 0 saturated carbocycles. The third-order valence-corrected chi connectivity index (χ3v) is 1.54. The van der Waals surface area contributed by atoms with E-state index in [1.165, 1.54) is 0 Å². The van der Waals surface area contributed by atoms with E-state index >= 15 is 0 Å². The Kier molecular flexibility index (Phi) is 3.01. The largest absolute Gasteiger partial charge is 0.384 e. The van der Waals surface area contributed by atoms with Crippen molar-refractivity contribution in [3.05, 3.63) is 23.9 Å². The van der Waals surface area contributed by atoms with Gasteiger partial charge in [0.1, 0.15) is 5.82 Å². The third-order valence-electron chi connectivity index (χ3n) is 1.54. The summed E-state index contributed by atoms with van der Waals surface area (Å²) in [6, 6.07) is 2.70. The number of hydrogen-bond acceptors (Lipinski definition) is 4. The summed E-state index contributed by atoms with van der Waals surface area (Å²) in [4.78, 5) is 14.2. The lowest BCUT2D eigenvalue weighted by atomic mass is 10.2. The van der Waals surface area contributed by atoms with E-state index in [2.05, 4.69) is 15.5 Å². The van der Waals surface area contributed by atoms with Gasteiger partial charge in [-0.05, 0) is 19.1 Å². The zero-order valence-electron chi connectivity index (χ0n) is 7.69. The first kappa shape index (κ1) is 9.97. The monoisotopic (exact) mass is 193 g/mol. The first-order chi connectivity index (χ1) is 6.59. The highest BCUT2D eigenvalue weighted by molar-refractivity contribution is 5.98. The van der Waals surface area contributed by atoms with Crippen molar-refractivity contribution in [2.24, 2.45) is 10.8 Å². The molecule has 2 amide bonds. The average molecular weight is 193 g/mol. The van der Waals surface area contributed by atoms with Crippen molar-refractivity contribution in [3.8, 4) is 0 Å². The molecule has 5 N–H and O–H groups in total. The summed E-state index contributed by atoms with van der Waals surface area (Å²) in [7, 11) is 0. The molecule has 1 rings (SSSR count). The molecule has 6 nitrogen and oxygen atoms in total. The molecule has 0 saturated heterocycles. The standard InChI is InChI=1S/C8H11N5O/c1-5(12-13-8(10)14)6-2-3-7(9)11-4-6/h2-4H,1H3,(H2,9,11)(H3,10,13,14)/b12-5-. The number of amides is 2. The van der Waals surface area contributed by atoms with Crippen molar-refractivity contribution in [2.75, 3.05) is 5.73 Å². The van der Waals surface area contributed by atoms with Crippen LogP contribution in [0.2, 0.25) is 0 Å². The Morgan fingerprint density at radius 3 is 2.79 bits per heavy atom. The topological polar surface area (TPSA) is 106 Å². The molecule has 1 aromatic rings. The van der Waals surface area contributed by atoms with Gasteiger partial charge in [0.15, 0.2) is 0 Å². The number of rotatable bonds is 2. The van der Waals surface area contributed by atoms with Crippen LogP contribution in [0.1, 0.15) is 12.5 Å². The van der Waals surface area contributed by atoms with Crippen molar-refractivity contribution in [3.63, 3.8) is 0 Å². The van der Waals surface area contributed by atoms with Crippen LogP contribution < -0.4 is 16.9 Å². The first-order valence-electron chi connectivity index (χ1n) is 3.91. The Balaban J connectivity index is 2.78. The highest BCUT2D eigenvalue weighted by Crippen LogP contribution is 2.02. The normalized spacial score (nSPS) is 11.1. The number of carbonyl (C=O) groups excluding carboxylic acids is 1. The van der Waals surface area contributed by atoms with Crippen molar-refractivity contribution in [2.45, 2.75) is 6.92 Å². The van der Waals surface area contributed by atoms with Crippen LogP contribution in [0.5, 0.6) is 0 Å². The van der Waals surface area contributed by atoms with Gasteiger partial charge in [0.2, 0.25) is 0 Å². The van der Waals surface area contributed by atoms with Gasteiger partial charge in [0.25, 0.3) is 0 Å². The predicted octanol–water partition coefficient (Wildman–Crippen LogP) is 0.0561. The van der Waals surface area contributed by atoms with E-state index in [1.807, 2.05) is 0 Å². The van der Waals surface area contributed by atoms with E-state index in [4.69, 9.17) is 11.5 Å². The minimum atomic E-state index is -0.701. The lowest BCUT2D eigenvalue weighted by Crippen LogP contribution is -2.25. The molecule has 74 valence electrons. The molecule has 0 unspecified atom stereocenters. The molecular weight excluding hydrogens is 182 g/mol.